The summed E-state index contributed by atoms with van der Waals surface area (Å²) in [5.41, 5.74) is 6.29. The first-order valence-electron chi connectivity index (χ1n) is 11.7. The van der Waals surface area contributed by atoms with Gasteiger partial charge in [-0.05, 0) is 0 Å². The molecule has 1 heterocycles. The molecular formula is C28H26ClHgNO3. The van der Waals surface area contributed by atoms with Crippen molar-refractivity contribution in [1.82, 2.24) is 0 Å². The van der Waals surface area contributed by atoms with Gasteiger partial charge in [0.1, 0.15) is 0 Å². The van der Waals surface area contributed by atoms with Crippen LogP contribution >= 0.6 is 11.6 Å². The maximum absolute atomic E-state index is 10.7. The standard InChI is InChI=1S/C28H26ClNO3.Hg/c1-19-9-12-23(13-10-19)30-15-16-32-26-14-11-22(28(31)21-6-4-7-21)17-27(26)33-18-24-20(2)5-3-8-25(24)29;/h3,5,8-12,14,17,31H,4,6-7,16,18H2,1-2H3;. The molecular weight excluding hydrogens is 634 g/mol. The first kappa shape index (κ1) is 23.4. The Bertz CT molecular complexity index is 1290. The van der Waals surface area contributed by atoms with Crippen LogP contribution in [0.1, 0.15) is 41.5 Å². The van der Waals surface area contributed by atoms with Gasteiger partial charge in [-0.15, -0.1) is 0 Å². The fraction of sp³-hybridized carbons (Fsp3) is 0.250. The van der Waals surface area contributed by atoms with Crippen molar-refractivity contribution in [2.24, 2.45) is 4.99 Å². The van der Waals surface area contributed by atoms with E-state index in [2.05, 4.69) is 25.1 Å². The van der Waals surface area contributed by atoms with Crippen molar-refractivity contribution in [3.8, 4) is 11.5 Å². The van der Waals surface area contributed by atoms with Gasteiger partial charge in [0.05, 0.1) is 0 Å². The minimum absolute atomic E-state index is 0.328. The molecule has 0 saturated heterocycles. The molecule has 34 heavy (non-hydrogen) atoms. The normalized spacial score (nSPS) is 13.9. The number of aryl methyl sites for hydroxylation is 2. The molecule has 1 saturated carbocycles. The Morgan fingerprint density at radius 1 is 1.00 bits per heavy atom. The summed E-state index contributed by atoms with van der Waals surface area (Å²) < 4.78 is 15.1. The number of hydrogen-bond acceptors (Lipinski definition) is 4. The number of hydrogen-bond donors (Lipinski definition) is 1. The van der Waals surface area contributed by atoms with E-state index in [0.29, 0.717) is 35.5 Å². The average Bonchev–Trinajstić information content (AvgIpc) is 3.18. The zero-order chi connectivity index (χ0) is 23.7. The van der Waals surface area contributed by atoms with E-state index in [1.807, 2.05) is 43.3 Å². The Labute approximate surface area is 217 Å². The topological polar surface area (TPSA) is 51.0 Å². The number of benzene rings is 3. The summed E-state index contributed by atoms with van der Waals surface area (Å²) in [6.07, 6.45) is 3.03. The van der Waals surface area contributed by atoms with Gasteiger partial charge in [-0.25, -0.2) is 0 Å². The van der Waals surface area contributed by atoms with Gasteiger partial charge < -0.3 is 0 Å². The molecule has 0 aromatic heterocycles. The molecule has 1 N–H and O–H groups in total. The molecule has 0 amide bonds. The second-order valence-corrected chi connectivity index (χ2v) is 17.0. The third kappa shape index (κ3) is 5.03. The van der Waals surface area contributed by atoms with E-state index in [4.69, 9.17) is 26.1 Å². The van der Waals surface area contributed by atoms with Gasteiger partial charge in [-0.1, -0.05) is 0 Å². The third-order valence-corrected chi connectivity index (χ3v) is 13.6. The molecule has 0 atom stereocenters. The molecule has 3 aromatic carbocycles. The predicted octanol–water partition coefficient (Wildman–Crippen LogP) is 6.82. The van der Waals surface area contributed by atoms with Gasteiger partial charge in [0, 0.05) is 0 Å². The predicted molar refractivity (Wildman–Crippen MR) is 134 cm³/mol. The molecule has 1 aliphatic carbocycles. The molecule has 170 valence electrons. The van der Waals surface area contributed by atoms with Crippen molar-refractivity contribution in [3.63, 3.8) is 0 Å². The second kappa shape index (κ2) is 10.1. The number of fused-ring (bicyclic) bond motifs is 1. The number of aliphatic imine (C=N–C) groups is 1. The van der Waals surface area contributed by atoms with Gasteiger partial charge in [-0.3, -0.25) is 0 Å². The van der Waals surface area contributed by atoms with Crippen LogP contribution in [-0.2, 0) is 31.2 Å². The quantitative estimate of drug-likeness (QED) is 0.224. The van der Waals surface area contributed by atoms with Gasteiger partial charge in [-0.2, -0.15) is 0 Å². The van der Waals surface area contributed by atoms with E-state index in [1.54, 1.807) is 0 Å². The summed E-state index contributed by atoms with van der Waals surface area (Å²) in [7, 11) is 0. The summed E-state index contributed by atoms with van der Waals surface area (Å²) in [5.74, 6) is 1.62. The van der Waals surface area contributed by atoms with Crippen molar-refractivity contribution >= 4 is 29.3 Å². The fourth-order valence-corrected chi connectivity index (χ4v) is 11.2. The van der Waals surface area contributed by atoms with Gasteiger partial charge >= 0.3 is 219 Å². The summed E-state index contributed by atoms with van der Waals surface area (Å²) in [6.45, 7) is 4.95. The number of aliphatic hydroxyl groups is 1. The first-order chi connectivity index (χ1) is 16.5. The number of nitrogens with zero attached hydrogens (tertiary/aromatic N) is 1. The fourth-order valence-electron chi connectivity index (χ4n) is 4.32. The molecule has 0 spiro atoms. The van der Waals surface area contributed by atoms with Gasteiger partial charge in [0.15, 0.2) is 0 Å². The Morgan fingerprint density at radius 3 is 2.59 bits per heavy atom. The molecule has 2 aliphatic rings. The van der Waals surface area contributed by atoms with Crippen molar-refractivity contribution in [2.45, 2.75) is 39.7 Å². The van der Waals surface area contributed by atoms with Crippen LogP contribution in [0.15, 0.2) is 65.2 Å². The number of aliphatic hydroxyl groups excluding tert-OH is 1. The molecule has 0 radical (unpaired) electrons. The zero-order valence-electron chi connectivity index (χ0n) is 19.5. The number of ether oxygens (including phenoxy) is 2. The minimum atomic E-state index is -1.46. The van der Waals surface area contributed by atoms with Crippen LogP contribution in [0.4, 0.5) is 5.69 Å². The van der Waals surface area contributed by atoms with E-state index in [-0.39, 0.29) is 0 Å². The Morgan fingerprint density at radius 2 is 1.82 bits per heavy atom. The van der Waals surface area contributed by atoms with Crippen molar-refractivity contribution in [3.05, 3.63) is 87.4 Å². The molecule has 1 aliphatic heterocycles. The average molecular weight is 661 g/mol. The van der Waals surface area contributed by atoms with E-state index < -0.39 is 24.6 Å². The summed E-state index contributed by atoms with van der Waals surface area (Å²) in [5, 5.41) is 11.4. The monoisotopic (exact) mass is 661 g/mol. The van der Waals surface area contributed by atoms with Crippen molar-refractivity contribution in [2.75, 3.05) is 6.61 Å². The molecule has 4 nitrogen and oxygen atoms in total. The number of halogens is 1. The van der Waals surface area contributed by atoms with Crippen LogP contribution in [-0.4, -0.2) is 14.9 Å². The molecule has 5 rings (SSSR count). The molecule has 0 bridgehead atoms. The number of allylic oxidation sites excluding steroid dienone is 1. The first-order valence-corrected chi connectivity index (χ1v) is 17.6. The maximum atomic E-state index is 10.7. The Kier molecular flexibility index (Phi) is 6.98. The van der Waals surface area contributed by atoms with E-state index in [0.717, 1.165) is 47.2 Å². The summed E-state index contributed by atoms with van der Waals surface area (Å²) in [6, 6.07) is 18.0. The van der Waals surface area contributed by atoms with Crippen LogP contribution in [0.5, 0.6) is 11.5 Å². The third-order valence-electron chi connectivity index (χ3n) is 6.54. The second-order valence-electron chi connectivity index (χ2n) is 9.07. The molecule has 6 heteroatoms. The summed E-state index contributed by atoms with van der Waals surface area (Å²) in [4.78, 5) is 4.83. The van der Waals surface area contributed by atoms with Crippen LogP contribution in [0.3, 0.4) is 0 Å². The molecule has 1 fully saturated rings. The zero-order valence-corrected chi connectivity index (χ0v) is 25.8. The number of rotatable bonds is 7. The van der Waals surface area contributed by atoms with Gasteiger partial charge in [0.2, 0.25) is 0 Å². The van der Waals surface area contributed by atoms with E-state index >= 15 is 0 Å². The Hall–Kier alpha value is -2.30. The molecule has 3 aromatic rings. The van der Waals surface area contributed by atoms with Crippen LogP contribution in [0.25, 0.3) is 5.76 Å². The Balaban J connectivity index is 1.37. The van der Waals surface area contributed by atoms with Gasteiger partial charge in [0.25, 0.3) is 0 Å². The van der Waals surface area contributed by atoms with Crippen molar-refractivity contribution in [1.29, 1.82) is 0 Å². The van der Waals surface area contributed by atoms with Crippen molar-refractivity contribution < 1.29 is 39.2 Å². The SMILES string of the molecule is Cc1ccc2[c](c1)[Hg][C](COc1ccc(C(O)=C3CCC3)cc1OCc1c(C)cccc1Cl)=N2. The van der Waals surface area contributed by atoms with E-state index in [1.165, 1.54) is 11.9 Å². The molecule has 0 unspecified atom stereocenters. The van der Waals surface area contributed by atoms with Crippen LogP contribution in [0, 0.1) is 13.8 Å². The van der Waals surface area contributed by atoms with Crippen LogP contribution < -0.4 is 12.5 Å². The van der Waals surface area contributed by atoms with Crippen LogP contribution in [0.2, 0.25) is 5.02 Å². The van der Waals surface area contributed by atoms with E-state index in [9.17, 15) is 5.11 Å². The summed E-state index contributed by atoms with van der Waals surface area (Å²) >= 11 is 4.96.